The number of aromatic hydroxyl groups is 4. The molecule has 3 aromatic rings. The highest BCUT2D eigenvalue weighted by molar-refractivity contribution is 5.86. The number of phenols is 4. The van der Waals surface area contributed by atoms with Crippen molar-refractivity contribution >= 4 is 11.0 Å². The van der Waals surface area contributed by atoms with Crippen LogP contribution in [0.25, 0.3) is 22.3 Å². The van der Waals surface area contributed by atoms with Gasteiger partial charge in [0, 0.05) is 24.3 Å². The minimum atomic E-state index is -1.45. The SMILES string of the molecule is O=c1cc(-c2cc(O)c(O)cc2OC[C@@H]2OC[C@@H](O)[C@H](O)[C@H]2O)oc2cc(O)cc(O)c12. The summed E-state index contributed by atoms with van der Waals surface area (Å²) in [6, 6.07) is 5.27. The van der Waals surface area contributed by atoms with Gasteiger partial charge >= 0.3 is 0 Å². The highest BCUT2D eigenvalue weighted by Gasteiger charge is 2.38. The van der Waals surface area contributed by atoms with Crippen molar-refractivity contribution in [3.8, 4) is 40.1 Å². The Kier molecular flexibility index (Phi) is 5.57. The first-order valence-corrected chi connectivity index (χ1v) is 9.50. The molecule has 2 heterocycles. The lowest BCUT2D eigenvalue weighted by molar-refractivity contribution is -0.193. The van der Waals surface area contributed by atoms with Gasteiger partial charge in [0.05, 0.1) is 12.2 Å². The topological polar surface area (TPSA) is 190 Å². The maximum absolute atomic E-state index is 12.5. The fraction of sp³-hybridized carbons (Fsp3) is 0.286. The average molecular weight is 448 g/mol. The van der Waals surface area contributed by atoms with E-state index in [1.54, 1.807) is 0 Å². The molecule has 4 rings (SSSR count). The summed E-state index contributed by atoms with van der Waals surface area (Å²) < 4.78 is 16.5. The molecule has 0 unspecified atom stereocenters. The molecule has 1 aliphatic rings. The molecule has 1 saturated heterocycles. The maximum Gasteiger partial charge on any atom is 0.197 e. The van der Waals surface area contributed by atoms with Crippen LogP contribution in [0.4, 0.5) is 0 Å². The fourth-order valence-electron chi connectivity index (χ4n) is 3.44. The van der Waals surface area contributed by atoms with E-state index in [1.807, 2.05) is 0 Å². The molecule has 0 amide bonds. The minimum absolute atomic E-state index is 0.0352. The van der Waals surface area contributed by atoms with Gasteiger partial charge in [0.25, 0.3) is 0 Å². The smallest absolute Gasteiger partial charge is 0.197 e. The van der Waals surface area contributed by atoms with Gasteiger partial charge < -0.3 is 49.6 Å². The van der Waals surface area contributed by atoms with Gasteiger partial charge in [-0.25, -0.2) is 0 Å². The normalized spacial score (nSPS) is 23.3. The molecule has 0 radical (unpaired) electrons. The van der Waals surface area contributed by atoms with E-state index in [9.17, 15) is 40.5 Å². The second-order valence-corrected chi connectivity index (χ2v) is 7.38. The summed E-state index contributed by atoms with van der Waals surface area (Å²) >= 11 is 0. The molecule has 1 aromatic heterocycles. The van der Waals surface area contributed by atoms with E-state index in [0.717, 1.165) is 30.3 Å². The Morgan fingerprint density at radius 1 is 0.906 bits per heavy atom. The Labute approximate surface area is 179 Å². The standard InChI is InChI=1S/C21H20O11/c22-8-1-12(25)19-13(26)5-16(32-17(19)2-8)9-3-10(23)11(24)4-15(9)31-7-18-21(29)20(28)14(27)6-30-18/h1-5,14,18,20-25,27-29H,6-7H2/t14-,18+,20+,21+/m1/s1. The van der Waals surface area contributed by atoms with Crippen LogP contribution in [0.15, 0.2) is 39.5 Å². The van der Waals surface area contributed by atoms with E-state index in [1.165, 1.54) is 0 Å². The highest BCUT2D eigenvalue weighted by atomic mass is 16.6. The van der Waals surface area contributed by atoms with E-state index < -0.39 is 47.1 Å². The number of hydrogen-bond acceptors (Lipinski definition) is 11. The molecule has 0 saturated carbocycles. The van der Waals surface area contributed by atoms with E-state index in [-0.39, 0.29) is 47.0 Å². The predicted octanol–water partition coefficient (Wildman–Crippen LogP) is 0.143. The lowest BCUT2D eigenvalue weighted by atomic mass is 10.0. The Balaban J connectivity index is 1.72. The number of ether oxygens (including phenoxy) is 2. The van der Waals surface area contributed by atoms with Crippen LogP contribution in [0.5, 0.6) is 28.7 Å². The average Bonchev–Trinajstić information content (AvgIpc) is 2.72. The molecule has 2 aromatic carbocycles. The van der Waals surface area contributed by atoms with Gasteiger partial charge in [-0.3, -0.25) is 4.79 Å². The van der Waals surface area contributed by atoms with Gasteiger partial charge in [-0.2, -0.15) is 0 Å². The molecule has 0 aliphatic carbocycles. The summed E-state index contributed by atoms with van der Waals surface area (Å²) in [5.74, 6) is -2.08. The lowest BCUT2D eigenvalue weighted by Gasteiger charge is -2.35. The molecule has 4 atom stereocenters. The van der Waals surface area contributed by atoms with E-state index in [2.05, 4.69) is 0 Å². The van der Waals surface area contributed by atoms with Gasteiger partial charge in [-0.15, -0.1) is 0 Å². The van der Waals surface area contributed by atoms with Gasteiger partial charge in [0.1, 0.15) is 65.0 Å². The molecule has 32 heavy (non-hydrogen) atoms. The van der Waals surface area contributed by atoms with E-state index >= 15 is 0 Å². The first-order valence-electron chi connectivity index (χ1n) is 9.50. The summed E-state index contributed by atoms with van der Waals surface area (Å²) in [6.07, 6.45) is -5.16. The van der Waals surface area contributed by atoms with Crippen LogP contribution >= 0.6 is 0 Å². The molecule has 0 bridgehead atoms. The van der Waals surface area contributed by atoms with Crippen molar-refractivity contribution in [3.63, 3.8) is 0 Å². The molecular formula is C21H20O11. The molecule has 170 valence electrons. The van der Waals surface area contributed by atoms with Gasteiger partial charge in [0.15, 0.2) is 16.9 Å². The zero-order chi connectivity index (χ0) is 23.2. The number of aliphatic hydroxyl groups is 3. The second-order valence-electron chi connectivity index (χ2n) is 7.38. The number of hydrogen-bond donors (Lipinski definition) is 7. The fourth-order valence-corrected chi connectivity index (χ4v) is 3.44. The van der Waals surface area contributed by atoms with Crippen LogP contribution in [0.1, 0.15) is 0 Å². The third-order valence-electron chi connectivity index (χ3n) is 5.15. The quantitative estimate of drug-likeness (QED) is 0.269. The molecule has 11 nitrogen and oxygen atoms in total. The van der Waals surface area contributed by atoms with E-state index in [0.29, 0.717) is 0 Å². The highest BCUT2D eigenvalue weighted by Crippen LogP contribution is 2.40. The number of benzene rings is 2. The minimum Gasteiger partial charge on any atom is -0.508 e. The Morgan fingerprint density at radius 3 is 2.38 bits per heavy atom. The number of aliphatic hydroxyl groups excluding tert-OH is 3. The molecule has 0 spiro atoms. The number of rotatable bonds is 4. The van der Waals surface area contributed by atoms with Crippen molar-refractivity contribution < 1.29 is 49.6 Å². The summed E-state index contributed by atoms with van der Waals surface area (Å²) in [5, 5.41) is 68.7. The third-order valence-corrected chi connectivity index (χ3v) is 5.15. The summed E-state index contributed by atoms with van der Waals surface area (Å²) in [4.78, 5) is 12.5. The van der Waals surface area contributed by atoms with E-state index in [4.69, 9.17) is 13.9 Å². The molecule has 7 N–H and O–H groups in total. The van der Waals surface area contributed by atoms with Gasteiger partial charge in [0.2, 0.25) is 0 Å². The zero-order valence-electron chi connectivity index (χ0n) is 16.4. The molecule has 1 aliphatic heterocycles. The first-order chi connectivity index (χ1) is 15.2. The Morgan fingerprint density at radius 2 is 1.62 bits per heavy atom. The van der Waals surface area contributed by atoms with Crippen molar-refractivity contribution in [1.29, 1.82) is 0 Å². The molecule has 11 heteroatoms. The predicted molar refractivity (Wildman–Crippen MR) is 108 cm³/mol. The number of fused-ring (bicyclic) bond motifs is 1. The third kappa shape index (κ3) is 3.89. The Bertz CT molecular complexity index is 1220. The van der Waals surface area contributed by atoms with Gasteiger partial charge in [-0.05, 0) is 6.07 Å². The summed E-state index contributed by atoms with van der Waals surface area (Å²) in [7, 11) is 0. The zero-order valence-corrected chi connectivity index (χ0v) is 16.4. The summed E-state index contributed by atoms with van der Waals surface area (Å²) in [5.41, 5.74) is -0.736. The van der Waals surface area contributed by atoms with Crippen LogP contribution in [0.2, 0.25) is 0 Å². The van der Waals surface area contributed by atoms with Crippen molar-refractivity contribution in [2.24, 2.45) is 0 Å². The second kappa shape index (κ2) is 8.20. The van der Waals surface area contributed by atoms with Crippen LogP contribution in [-0.2, 0) is 4.74 Å². The first kappa shape index (κ1) is 21.7. The van der Waals surface area contributed by atoms with Crippen molar-refractivity contribution in [2.45, 2.75) is 24.4 Å². The number of phenolic OH excluding ortho intramolecular Hbond substituents is 4. The molecule has 1 fully saturated rings. The van der Waals surface area contributed by atoms with Gasteiger partial charge in [-0.1, -0.05) is 0 Å². The maximum atomic E-state index is 12.5. The monoisotopic (exact) mass is 448 g/mol. The van der Waals surface area contributed by atoms with Crippen LogP contribution < -0.4 is 10.2 Å². The van der Waals surface area contributed by atoms with Crippen molar-refractivity contribution in [2.75, 3.05) is 13.2 Å². The molecular weight excluding hydrogens is 428 g/mol. The van der Waals surface area contributed by atoms with Crippen molar-refractivity contribution in [3.05, 3.63) is 40.6 Å². The van der Waals surface area contributed by atoms with Crippen LogP contribution in [0, 0.1) is 0 Å². The van der Waals surface area contributed by atoms with Crippen LogP contribution in [-0.4, -0.2) is 73.4 Å². The van der Waals surface area contributed by atoms with Crippen LogP contribution in [0.3, 0.4) is 0 Å². The lowest BCUT2D eigenvalue weighted by Crippen LogP contribution is -2.54. The summed E-state index contributed by atoms with van der Waals surface area (Å²) in [6.45, 7) is -0.548. The Hall–Kier alpha value is -3.51. The van der Waals surface area contributed by atoms with Crippen molar-refractivity contribution in [1.82, 2.24) is 0 Å². The largest absolute Gasteiger partial charge is 0.508 e.